The predicted octanol–water partition coefficient (Wildman–Crippen LogP) is 3.58. The normalized spacial score (nSPS) is 11.9. The highest BCUT2D eigenvalue weighted by Gasteiger charge is 2.09. The van der Waals surface area contributed by atoms with E-state index in [2.05, 4.69) is 5.32 Å². The molecular formula is C16H23NO2. The minimum Gasteiger partial charge on any atom is -0.326 e. The minimum absolute atomic E-state index is 0.0559. The molecule has 1 N–H and O–H groups in total. The van der Waals surface area contributed by atoms with Crippen molar-refractivity contribution in [1.82, 2.24) is 0 Å². The van der Waals surface area contributed by atoms with Gasteiger partial charge in [-0.3, -0.25) is 9.59 Å². The second-order valence-electron chi connectivity index (χ2n) is 4.99. The Kier molecular flexibility index (Phi) is 6.26. The quantitative estimate of drug-likeness (QED) is 0.815. The average molecular weight is 261 g/mol. The van der Waals surface area contributed by atoms with E-state index in [4.69, 9.17) is 0 Å². The molecule has 3 heteroatoms. The second-order valence-corrected chi connectivity index (χ2v) is 4.99. The highest BCUT2D eigenvalue weighted by atomic mass is 16.1. The van der Waals surface area contributed by atoms with Crippen LogP contribution in [0.3, 0.4) is 0 Å². The average Bonchev–Trinajstić information content (AvgIpc) is 2.39. The SMILES string of the molecule is CCC(=O)[C@H](C)CCCc1ccc(NC(C)=O)cc1. The predicted molar refractivity (Wildman–Crippen MR) is 78.1 cm³/mol. The fourth-order valence-corrected chi connectivity index (χ4v) is 2.08. The molecule has 0 heterocycles. The summed E-state index contributed by atoms with van der Waals surface area (Å²) in [5, 5.41) is 2.75. The van der Waals surface area contributed by atoms with E-state index < -0.39 is 0 Å². The molecule has 1 atom stereocenters. The van der Waals surface area contributed by atoms with E-state index in [0.29, 0.717) is 12.2 Å². The van der Waals surface area contributed by atoms with Crippen LogP contribution in [-0.4, -0.2) is 11.7 Å². The zero-order valence-corrected chi connectivity index (χ0v) is 12.0. The lowest BCUT2D eigenvalue weighted by atomic mass is 9.96. The largest absolute Gasteiger partial charge is 0.326 e. The summed E-state index contributed by atoms with van der Waals surface area (Å²) in [6, 6.07) is 7.88. The third-order valence-corrected chi connectivity index (χ3v) is 3.28. The first-order valence-corrected chi connectivity index (χ1v) is 6.92. The number of anilines is 1. The van der Waals surface area contributed by atoms with Crippen LogP contribution in [-0.2, 0) is 16.0 Å². The van der Waals surface area contributed by atoms with Gasteiger partial charge in [0.05, 0.1) is 0 Å². The van der Waals surface area contributed by atoms with Crippen LogP contribution in [0, 0.1) is 5.92 Å². The van der Waals surface area contributed by atoms with Crippen molar-refractivity contribution in [2.45, 2.75) is 46.5 Å². The summed E-state index contributed by atoms with van der Waals surface area (Å²) < 4.78 is 0. The number of carbonyl (C=O) groups is 2. The highest BCUT2D eigenvalue weighted by Crippen LogP contribution is 2.15. The molecule has 0 unspecified atom stereocenters. The van der Waals surface area contributed by atoms with E-state index in [1.54, 1.807) is 0 Å². The molecule has 0 aliphatic rings. The van der Waals surface area contributed by atoms with E-state index in [1.165, 1.54) is 12.5 Å². The van der Waals surface area contributed by atoms with Gasteiger partial charge in [0.1, 0.15) is 5.78 Å². The lowest BCUT2D eigenvalue weighted by Gasteiger charge is -2.09. The minimum atomic E-state index is -0.0559. The Labute approximate surface area is 115 Å². The number of ketones is 1. The van der Waals surface area contributed by atoms with Crippen molar-refractivity contribution in [2.75, 3.05) is 5.32 Å². The van der Waals surface area contributed by atoms with Crippen molar-refractivity contribution in [3.05, 3.63) is 29.8 Å². The van der Waals surface area contributed by atoms with Gasteiger partial charge in [0, 0.05) is 24.9 Å². The van der Waals surface area contributed by atoms with Gasteiger partial charge in [-0.2, -0.15) is 0 Å². The molecule has 0 saturated heterocycles. The maximum atomic E-state index is 11.5. The maximum Gasteiger partial charge on any atom is 0.221 e. The molecule has 3 nitrogen and oxygen atoms in total. The Bertz CT molecular complexity index is 423. The fourth-order valence-electron chi connectivity index (χ4n) is 2.08. The number of hydrogen-bond acceptors (Lipinski definition) is 2. The van der Waals surface area contributed by atoms with Crippen molar-refractivity contribution in [1.29, 1.82) is 0 Å². The van der Waals surface area contributed by atoms with Gasteiger partial charge < -0.3 is 5.32 Å². The summed E-state index contributed by atoms with van der Waals surface area (Å²) in [5.74, 6) is 0.462. The highest BCUT2D eigenvalue weighted by molar-refractivity contribution is 5.88. The standard InChI is InChI=1S/C16H23NO2/c1-4-16(19)12(2)6-5-7-14-8-10-15(11-9-14)17-13(3)18/h8-12H,4-7H2,1-3H3,(H,17,18)/t12-/m1/s1. The first kappa shape index (κ1) is 15.4. The first-order chi connectivity index (χ1) is 9.02. The molecule has 0 aromatic heterocycles. The van der Waals surface area contributed by atoms with Crippen molar-refractivity contribution in [3.8, 4) is 0 Å². The maximum absolute atomic E-state index is 11.5. The lowest BCUT2D eigenvalue weighted by Crippen LogP contribution is -2.09. The van der Waals surface area contributed by atoms with Crippen molar-refractivity contribution >= 4 is 17.4 Å². The van der Waals surface area contributed by atoms with Crippen LogP contribution in [0.5, 0.6) is 0 Å². The van der Waals surface area contributed by atoms with Gasteiger partial charge >= 0.3 is 0 Å². The summed E-state index contributed by atoms with van der Waals surface area (Å²) in [6.07, 6.45) is 3.57. The Morgan fingerprint density at radius 3 is 2.37 bits per heavy atom. The molecule has 1 aromatic rings. The first-order valence-electron chi connectivity index (χ1n) is 6.92. The zero-order chi connectivity index (χ0) is 14.3. The number of carbonyl (C=O) groups excluding carboxylic acids is 2. The molecule has 0 fully saturated rings. The summed E-state index contributed by atoms with van der Waals surface area (Å²) in [4.78, 5) is 22.4. The van der Waals surface area contributed by atoms with E-state index in [9.17, 15) is 9.59 Å². The third kappa shape index (κ3) is 5.69. The third-order valence-electron chi connectivity index (χ3n) is 3.28. The molecule has 1 amide bonds. The Balaban J connectivity index is 2.38. The lowest BCUT2D eigenvalue weighted by molar-refractivity contribution is -0.122. The Hall–Kier alpha value is -1.64. The van der Waals surface area contributed by atoms with E-state index in [0.717, 1.165) is 24.9 Å². The summed E-state index contributed by atoms with van der Waals surface area (Å²) in [6.45, 7) is 5.42. The number of rotatable bonds is 7. The van der Waals surface area contributed by atoms with Crippen LogP contribution in [0.15, 0.2) is 24.3 Å². The molecule has 0 aliphatic heterocycles. The molecule has 0 spiro atoms. The second kappa shape index (κ2) is 7.72. The number of amides is 1. The Morgan fingerprint density at radius 2 is 1.84 bits per heavy atom. The fraction of sp³-hybridized carbons (Fsp3) is 0.500. The van der Waals surface area contributed by atoms with Crippen LogP contribution in [0.4, 0.5) is 5.69 Å². The van der Waals surface area contributed by atoms with Gasteiger partial charge in [-0.1, -0.05) is 26.0 Å². The van der Waals surface area contributed by atoms with Crippen LogP contribution in [0.25, 0.3) is 0 Å². The van der Waals surface area contributed by atoms with Crippen molar-refractivity contribution in [3.63, 3.8) is 0 Å². The number of aryl methyl sites for hydroxylation is 1. The topological polar surface area (TPSA) is 46.2 Å². The summed E-state index contributed by atoms with van der Waals surface area (Å²) >= 11 is 0. The van der Waals surface area contributed by atoms with Crippen molar-refractivity contribution < 1.29 is 9.59 Å². The van der Waals surface area contributed by atoms with E-state index in [1.807, 2.05) is 38.1 Å². The number of Topliss-reactive ketones (excluding diaryl/α,β-unsaturated/α-hetero) is 1. The van der Waals surface area contributed by atoms with Gasteiger partial charge in [0.25, 0.3) is 0 Å². The summed E-state index contributed by atoms with van der Waals surface area (Å²) in [7, 11) is 0. The molecule has 19 heavy (non-hydrogen) atoms. The monoisotopic (exact) mass is 261 g/mol. The zero-order valence-electron chi connectivity index (χ0n) is 12.0. The number of nitrogens with one attached hydrogen (secondary N) is 1. The van der Waals surface area contributed by atoms with Crippen molar-refractivity contribution in [2.24, 2.45) is 5.92 Å². The van der Waals surface area contributed by atoms with E-state index in [-0.39, 0.29) is 11.8 Å². The van der Waals surface area contributed by atoms with Gasteiger partial charge in [-0.25, -0.2) is 0 Å². The van der Waals surface area contributed by atoms with Gasteiger partial charge in [0.15, 0.2) is 0 Å². The van der Waals surface area contributed by atoms with Crippen LogP contribution in [0.1, 0.15) is 45.6 Å². The van der Waals surface area contributed by atoms with Gasteiger partial charge in [0.2, 0.25) is 5.91 Å². The van der Waals surface area contributed by atoms with E-state index >= 15 is 0 Å². The molecule has 1 rings (SSSR count). The molecule has 0 saturated carbocycles. The van der Waals surface area contributed by atoms with Crippen LogP contribution in [0.2, 0.25) is 0 Å². The smallest absolute Gasteiger partial charge is 0.221 e. The number of hydrogen-bond donors (Lipinski definition) is 1. The molecular weight excluding hydrogens is 238 g/mol. The molecule has 0 radical (unpaired) electrons. The van der Waals surface area contributed by atoms with Gasteiger partial charge in [-0.05, 0) is 37.0 Å². The molecule has 104 valence electrons. The molecule has 0 aliphatic carbocycles. The van der Waals surface area contributed by atoms with Crippen LogP contribution < -0.4 is 5.32 Å². The summed E-state index contributed by atoms with van der Waals surface area (Å²) in [5.41, 5.74) is 2.07. The number of benzene rings is 1. The molecule has 1 aromatic carbocycles. The molecule has 0 bridgehead atoms. The van der Waals surface area contributed by atoms with Crippen LogP contribution >= 0.6 is 0 Å². The van der Waals surface area contributed by atoms with Gasteiger partial charge in [-0.15, -0.1) is 0 Å². The Morgan fingerprint density at radius 1 is 1.21 bits per heavy atom.